The van der Waals surface area contributed by atoms with Crippen LogP contribution in [-0.4, -0.2) is 54.7 Å². The molecule has 5 nitrogen and oxygen atoms in total. The number of hydrogen-bond acceptors (Lipinski definition) is 2. The maximum Gasteiger partial charge on any atom is 0.193 e. The summed E-state index contributed by atoms with van der Waals surface area (Å²) in [5, 5.41) is 4.80. The third-order valence-corrected chi connectivity index (χ3v) is 5.39. The topological polar surface area (TPSA) is 52.7 Å². The lowest BCUT2D eigenvalue weighted by molar-refractivity contribution is 0.0264. The number of nitrogens with one attached hydrogen (secondary N) is 2. The number of para-hydroxylation sites is 1. The van der Waals surface area contributed by atoms with Crippen molar-refractivity contribution in [2.45, 2.75) is 52.6 Å². The Hall–Kier alpha value is -2.01. The number of benzene rings is 1. The summed E-state index contributed by atoms with van der Waals surface area (Å²) in [7, 11) is 0. The van der Waals surface area contributed by atoms with E-state index in [-0.39, 0.29) is 0 Å². The van der Waals surface area contributed by atoms with Crippen molar-refractivity contribution in [3.8, 4) is 0 Å². The number of hydrogen-bond donors (Lipinski definition) is 2. The summed E-state index contributed by atoms with van der Waals surface area (Å²) < 4.78 is 5.77. The molecule has 0 atom stereocenters. The van der Waals surface area contributed by atoms with E-state index >= 15 is 0 Å². The van der Waals surface area contributed by atoms with Gasteiger partial charge in [-0.05, 0) is 50.7 Å². The highest BCUT2D eigenvalue weighted by Crippen LogP contribution is 2.22. The number of guanidine groups is 1. The van der Waals surface area contributed by atoms with Crippen molar-refractivity contribution in [2.75, 3.05) is 32.8 Å². The van der Waals surface area contributed by atoms with Gasteiger partial charge in [-0.3, -0.25) is 4.99 Å². The van der Waals surface area contributed by atoms with Crippen LogP contribution in [0.5, 0.6) is 0 Å². The molecule has 5 heteroatoms. The first-order valence-corrected chi connectivity index (χ1v) is 10.5. The molecule has 2 N–H and O–H groups in total. The van der Waals surface area contributed by atoms with Crippen molar-refractivity contribution < 1.29 is 4.74 Å². The largest absolute Gasteiger partial charge is 0.378 e. The summed E-state index contributed by atoms with van der Waals surface area (Å²) in [4.78, 5) is 10.8. The number of H-pyrrole nitrogens is 1. The van der Waals surface area contributed by atoms with Crippen molar-refractivity contribution in [1.29, 1.82) is 0 Å². The van der Waals surface area contributed by atoms with Crippen LogP contribution >= 0.6 is 0 Å². The molecule has 2 aromatic rings. The Labute approximate surface area is 163 Å². The molecule has 0 bridgehead atoms. The molecular formula is C22H34N4O. The molecule has 1 saturated heterocycles. The van der Waals surface area contributed by atoms with Crippen molar-refractivity contribution in [3.63, 3.8) is 0 Å². The number of fused-ring (bicyclic) bond motifs is 1. The van der Waals surface area contributed by atoms with Crippen molar-refractivity contribution >= 4 is 16.9 Å². The van der Waals surface area contributed by atoms with Gasteiger partial charge in [0, 0.05) is 49.9 Å². The van der Waals surface area contributed by atoms with E-state index in [9.17, 15) is 0 Å². The number of aliphatic imine (C=N–C) groups is 1. The number of aromatic amines is 1. The molecule has 0 saturated carbocycles. The van der Waals surface area contributed by atoms with Gasteiger partial charge in [0.15, 0.2) is 5.96 Å². The zero-order valence-corrected chi connectivity index (χ0v) is 17.1. The average molecular weight is 371 g/mol. The summed E-state index contributed by atoms with van der Waals surface area (Å²) in [6.45, 7) is 11.0. The van der Waals surface area contributed by atoms with Crippen LogP contribution in [0.15, 0.2) is 29.4 Å². The number of aryl methyl sites for hydroxylation is 1. The molecule has 1 aromatic heterocycles. The van der Waals surface area contributed by atoms with Crippen LogP contribution in [0.4, 0.5) is 0 Å². The third-order valence-electron chi connectivity index (χ3n) is 5.39. The van der Waals surface area contributed by atoms with E-state index in [0.717, 1.165) is 64.4 Å². The summed E-state index contributed by atoms with van der Waals surface area (Å²) in [6.07, 6.45) is 6.74. The highest BCUT2D eigenvalue weighted by Gasteiger charge is 2.21. The Morgan fingerprint density at radius 1 is 1.22 bits per heavy atom. The predicted molar refractivity (Wildman–Crippen MR) is 114 cm³/mol. The van der Waals surface area contributed by atoms with Crippen LogP contribution in [-0.2, 0) is 17.6 Å². The molecule has 2 heterocycles. The van der Waals surface area contributed by atoms with E-state index in [2.05, 4.69) is 60.4 Å². The van der Waals surface area contributed by atoms with E-state index in [0.29, 0.717) is 6.10 Å². The molecule has 1 aliphatic rings. The standard InChI is InChI=1S/C22H34N4O/c1-4-17-8-7-9-20-18(16-25-21(17)20)10-13-24-22(23-5-2)26-14-11-19(12-15-26)27-6-3/h7-9,16,19,25H,4-6,10-15H2,1-3H3,(H,23,24). The van der Waals surface area contributed by atoms with Gasteiger partial charge in [-0.25, -0.2) is 0 Å². The Kier molecular flexibility index (Phi) is 7.16. The fourth-order valence-corrected chi connectivity index (χ4v) is 3.95. The van der Waals surface area contributed by atoms with E-state index in [1.54, 1.807) is 0 Å². The van der Waals surface area contributed by atoms with E-state index in [1.165, 1.54) is 22.0 Å². The van der Waals surface area contributed by atoms with Gasteiger partial charge in [0.25, 0.3) is 0 Å². The number of aromatic nitrogens is 1. The number of rotatable bonds is 7. The average Bonchev–Trinajstić information content (AvgIpc) is 3.11. The Bertz CT molecular complexity index is 744. The molecular weight excluding hydrogens is 336 g/mol. The summed E-state index contributed by atoms with van der Waals surface area (Å²) in [6, 6.07) is 6.58. The molecule has 1 aliphatic heterocycles. The van der Waals surface area contributed by atoms with Crippen LogP contribution in [0.2, 0.25) is 0 Å². The Morgan fingerprint density at radius 3 is 2.74 bits per heavy atom. The molecule has 3 rings (SSSR count). The minimum Gasteiger partial charge on any atom is -0.378 e. The first-order valence-electron chi connectivity index (χ1n) is 10.5. The second-order valence-electron chi connectivity index (χ2n) is 7.13. The van der Waals surface area contributed by atoms with Gasteiger partial charge in [-0.15, -0.1) is 0 Å². The van der Waals surface area contributed by atoms with E-state index < -0.39 is 0 Å². The molecule has 0 amide bonds. The van der Waals surface area contributed by atoms with Crippen LogP contribution in [0, 0.1) is 0 Å². The smallest absolute Gasteiger partial charge is 0.193 e. The Balaban J connectivity index is 1.63. The second-order valence-corrected chi connectivity index (χ2v) is 7.13. The van der Waals surface area contributed by atoms with Gasteiger partial charge in [0.1, 0.15) is 0 Å². The zero-order valence-electron chi connectivity index (χ0n) is 17.1. The second kappa shape index (κ2) is 9.79. The van der Waals surface area contributed by atoms with Gasteiger partial charge in [-0.2, -0.15) is 0 Å². The monoisotopic (exact) mass is 370 g/mol. The number of likely N-dealkylation sites (tertiary alicyclic amines) is 1. The van der Waals surface area contributed by atoms with E-state index in [1.807, 2.05) is 0 Å². The van der Waals surface area contributed by atoms with Crippen molar-refractivity contribution in [3.05, 3.63) is 35.5 Å². The van der Waals surface area contributed by atoms with Crippen LogP contribution in [0.25, 0.3) is 10.9 Å². The molecule has 1 fully saturated rings. The molecule has 1 aromatic carbocycles. The minimum atomic E-state index is 0.410. The SMILES string of the molecule is CCNC(=NCCc1c[nH]c2c(CC)cccc12)N1CCC(OCC)CC1. The van der Waals surface area contributed by atoms with Gasteiger partial charge in [-0.1, -0.05) is 25.1 Å². The maximum absolute atomic E-state index is 5.77. The van der Waals surface area contributed by atoms with Crippen LogP contribution in [0.3, 0.4) is 0 Å². The van der Waals surface area contributed by atoms with Gasteiger partial charge < -0.3 is 19.9 Å². The van der Waals surface area contributed by atoms with Gasteiger partial charge >= 0.3 is 0 Å². The molecule has 0 aliphatic carbocycles. The summed E-state index contributed by atoms with van der Waals surface area (Å²) in [5.41, 5.74) is 4.02. The van der Waals surface area contributed by atoms with Crippen LogP contribution < -0.4 is 5.32 Å². The fourth-order valence-electron chi connectivity index (χ4n) is 3.95. The van der Waals surface area contributed by atoms with Crippen LogP contribution in [0.1, 0.15) is 44.7 Å². The number of ether oxygens (including phenoxy) is 1. The summed E-state index contributed by atoms with van der Waals surface area (Å²) >= 11 is 0. The molecule has 27 heavy (non-hydrogen) atoms. The maximum atomic E-state index is 5.77. The fraction of sp³-hybridized carbons (Fsp3) is 0.591. The lowest BCUT2D eigenvalue weighted by atomic mass is 10.1. The molecule has 0 spiro atoms. The molecule has 148 valence electrons. The van der Waals surface area contributed by atoms with Gasteiger partial charge in [0.05, 0.1) is 6.10 Å². The first kappa shape index (κ1) is 19.7. The highest BCUT2D eigenvalue weighted by molar-refractivity contribution is 5.86. The highest BCUT2D eigenvalue weighted by atomic mass is 16.5. The molecule has 0 radical (unpaired) electrons. The first-order chi connectivity index (χ1) is 13.3. The normalized spacial score (nSPS) is 16.3. The minimum absolute atomic E-state index is 0.410. The van der Waals surface area contributed by atoms with Crippen molar-refractivity contribution in [2.24, 2.45) is 4.99 Å². The third kappa shape index (κ3) is 4.83. The van der Waals surface area contributed by atoms with Crippen molar-refractivity contribution in [1.82, 2.24) is 15.2 Å². The van der Waals surface area contributed by atoms with Gasteiger partial charge in [0.2, 0.25) is 0 Å². The quantitative estimate of drug-likeness (QED) is 0.577. The van der Waals surface area contributed by atoms with E-state index in [4.69, 9.17) is 9.73 Å². The Morgan fingerprint density at radius 2 is 2.04 bits per heavy atom. The molecule has 0 unspecified atom stereocenters. The summed E-state index contributed by atoms with van der Waals surface area (Å²) in [5.74, 6) is 1.04. The zero-order chi connectivity index (χ0) is 19.1. The predicted octanol–water partition coefficient (Wildman–Crippen LogP) is 3.74. The number of piperidine rings is 1. The number of nitrogens with zero attached hydrogens (tertiary/aromatic N) is 2. The lowest BCUT2D eigenvalue weighted by Crippen LogP contribution is -2.47. The lowest BCUT2D eigenvalue weighted by Gasteiger charge is -2.34.